The fraction of sp³-hybridized carbons (Fsp3) is 0.471. The number of hydrogen-bond acceptors (Lipinski definition) is 5. The highest BCUT2D eigenvalue weighted by atomic mass is 35.5. The van der Waals surface area contributed by atoms with E-state index in [-0.39, 0.29) is 42.7 Å². The number of hydrogen-bond donors (Lipinski definition) is 3. The van der Waals surface area contributed by atoms with E-state index in [1.54, 1.807) is 12.1 Å². The molecule has 1 rings (SSSR count). The Morgan fingerprint density at radius 3 is 2.24 bits per heavy atom. The molecule has 1 atom stereocenters. The molecule has 0 radical (unpaired) electrons. The zero-order chi connectivity index (χ0) is 18.1. The summed E-state index contributed by atoms with van der Waals surface area (Å²) in [5.41, 5.74) is 7.15. The minimum Gasteiger partial charge on any atom is -0.465 e. The molecule has 140 valence electrons. The summed E-state index contributed by atoms with van der Waals surface area (Å²) >= 11 is 0. The fourth-order valence-electron chi connectivity index (χ4n) is 1.92. The summed E-state index contributed by atoms with van der Waals surface area (Å²) in [6.45, 7) is 4.02. The first-order valence-electron chi connectivity index (χ1n) is 7.82. The van der Waals surface area contributed by atoms with Crippen LogP contribution in [0.2, 0.25) is 0 Å². The molecule has 1 aromatic rings. The summed E-state index contributed by atoms with van der Waals surface area (Å²) < 4.78 is 4.63. The van der Waals surface area contributed by atoms with Gasteiger partial charge in [-0.1, -0.05) is 26.0 Å². The maximum Gasteiger partial charge on any atom is 0.337 e. The van der Waals surface area contributed by atoms with E-state index < -0.39 is 6.04 Å². The third kappa shape index (κ3) is 8.00. The molecular weight excluding hydrogens is 346 g/mol. The molecule has 7 nitrogen and oxygen atoms in total. The van der Waals surface area contributed by atoms with E-state index >= 15 is 0 Å². The number of carbonyl (C=O) groups excluding carboxylic acids is 3. The molecule has 0 fully saturated rings. The lowest BCUT2D eigenvalue weighted by atomic mass is 10.1. The minimum absolute atomic E-state index is 0. The van der Waals surface area contributed by atoms with Crippen LogP contribution in [0.3, 0.4) is 0 Å². The van der Waals surface area contributed by atoms with Crippen LogP contribution < -0.4 is 16.4 Å². The number of rotatable bonds is 8. The maximum absolute atomic E-state index is 11.7. The Labute approximate surface area is 154 Å². The largest absolute Gasteiger partial charge is 0.465 e. The molecule has 0 aliphatic heterocycles. The monoisotopic (exact) mass is 371 g/mol. The highest BCUT2D eigenvalue weighted by Crippen LogP contribution is 2.06. The summed E-state index contributed by atoms with van der Waals surface area (Å²) in [6.07, 6.45) is 0.618. The Balaban J connectivity index is 0.00000576. The van der Waals surface area contributed by atoms with Crippen molar-refractivity contribution in [1.82, 2.24) is 10.6 Å². The van der Waals surface area contributed by atoms with E-state index in [1.165, 1.54) is 7.11 Å². The molecule has 0 aliphatic rings. The number of nitrogens with two attached hydrogens (primary N) is 1. The molecule has 4 N–H and O–H groups in total. The Kier molecular flexibility index (Phi) is 10.5. The van der Waals surface area contributed by atoms with Crippen LogP contribution in [0.5, 0.6) is 0 Å². The zero-order valence-corrected chi connectivity index (χ0v) is 15.5. The fourth-order valence-corrected chi connectivity index (χ4v) is 1.92. The molecule has 0 saturated heterocycles. The molecule has 0 spiro atoms. The summed E-state index contributed by atoms with van der Waals surface area (Å²) in [5, 5.41) is 5.23. The van der Waals surface area contributed by atoms with E-state index in [0.717, 1.165) is 5.56 Å². The third-order valence-electron chi connectivity index (χ3n) is 3.56. The molecule has 0 aromatic heterocycles. The van der Waals surface area contributed by atoms with Gasteiger partial charge in [0.05, 0.1) is 25.3 Å². The van der Waals surface area contributed by atoms with E-state index in [0.29, 0.717) is 18.5 Å². The van der Waals surface area contributed by atoms with Crippen molar-refractivity contribution in [2.45, 2.75) is 26.3 Å². The Morgan fingerprint density at radius 1 is 1.12 bits per heavy atom. The SMILES string of the molecule is COC(=O)c1ccc(CCNC(=O)CNC(=O)[C@@H](N)C(C)C)cc1.Cl. The minimum atomic E-state index is -0.619. The van der Waals surface area contributed by atoms with Gasteiger partial charge in [-0.05, 0) is 30.0 Å². The van der Waals surface area contributed by atoms with E-state index in [4.69, 9.17) is 5.73 Å². The van der Waals surface area contributed by atoms with Gasteiger partial charge < -0.3 is 21.1 Å². The van der Waals surface area contributed by atoms with Crippen LogP contribution in [-0.2, 0) is 20.7 Å². The van der Waals surface area contributed by atoms with Crippen LogP contribution in [-0.4, -0.2) is 44.0 Å². The number of carbonyl (C=O) groups is 3. The first kappa shape index (κ1) is 22.9. The van der Waals surface area contributed by atoms with E-state index in [9.17, 15) is 14.4 Å². The highest BCUT2D eigenvalue weighted by molar-refractivity contribution is 5.89. The normalized spacial score (nSPS) is 11.2. The number of methoxy groups -OCH3 is 1. The predicted molar refractivity (Wildman–Crippen MR) is 97.6 cm³/mol. The lowest BCUT2D eigenvalue weighted by Crippen LogP contribution is -2.47. The standard InChI is InChI=1S/C17H25N3O4.ClH/c1-11(2)15(18)16(22)20-10-14(21)19-9-8-12-4-6-13(7-5-12)17(23)24-3;/h4-7,11,15H,8-10,18H2,1-3H3,(H,19,21)(H,20,22);1H/t15-;/m0./s1. The van der Waals surface area contributed by atoms with Crippen molar-refractivity contribution in [3.8, 4) is 0 Å². The van der Waals surface area contributed by atoms with Crippen molar-refractivity contribution < 1.29 is 19.1 Å². The van der Waals surface area contributed by atoms with Crippen molar-refractivity contribution in [2.24, 2.45) is 11.7 Å². The molecule has 2 amide bonds. The molecular formula is C17H26ClN3O4. The molecule has 1 aromatic carbocycles. The Hall–Kier alpha value is -2.12. The molecule has 25 heavy (non-hydrogen) atoms. The molecule has 0 unspecified atom stereocenters. The molecule has 8 heteroatoms. The van der Waals surface area contributed by atoms with Gasteiger partial charge in [-0.15, -0.1) is 12.4 Å². The molecule has 0 aliphatic carbocycles. The highest BCUT2D eigenvalue weighted by Gasteiger charge is 2.17. The second-order valence-corrected chi connectivity index (χ2v) is 5.78. The van der Waals surface area contributed by atoms with Gasteiger partial charge in [-0.25, -0.2) is 4.79 Å². The van der Waals surface area contributed by atoms with Gasteiger partial charge in [0, 0.05) is 6.54 Å². The zero-order valence-electron chi connectivity index (χ0n) is 14.7. The summed E-state index contributed by atoms with van der Waals surface area (Å²) in [5.74, 6) is -0.977. The molecule has 0 heterocycles. The number of amides is 2. The van der Waals surface area contributed by atoms with Crippen LogP contribution in [0.4, 0.5) is 0 Å². The number of nitrogens with one attached hydrogen (secondary N) is 2. The average Bonchev–Trinajstić information content (AvgIpc) is 2.58. The topological polar surface area (TPSA) is 111 Å². The summed E-state index contributed by atoms with van der Waals surface area (Å²) in [6, 6.07) is 6.35. The number of benzene rings is 1. The quantitative estimate of drug-likeness (QED) is 0.581. The van der Waals surface area contributed by atoms with Gasteiger partial charge >= 0.3 is 5.97 Å². The summed E-state index contributed by atoms with van der Waals surface area (Å²) in [4.78, 5) is 34.6. The van der Waals surface area contributed by atoms with Crippen molar-refractivity contribution in [2.75, 3.05) is 20.2 Å². The van der Waals surface area contributed by atoms with Crippen LogP contribution >= 0.6 is 12.4 Å². The van der Waals surface area contributed by atoms with Crippen LogP contribution in [0.15, 0.2) is 24.3 Å². The first-order valence-corrected chi connectivity index (χ1v) is 7.82. The molecule has 0 saturated carbocycles. The number of halogens is 1. The van der Waals surface area contributed by atoms with Crippen LogP contribution in [0, 0.1) is 5.92 Å². The Morgan fingerprint density at radius 2 is 1.72 bits per heavy atom. The van der Waals surface area contributed by atoms with Gasteiger partial charge in [-0.3, -0.25) is 9.59 Å². The second-order valence-electron chi connectivity index (χ2n) is 5.78. The van der Waals surface area contributed by atoms with Gasteiger partial charge in [0.2, 0.25) is 11.8 Å². The lowest BCUT2D eigenvalue weighted by Gasteiger charge is -2.15. The second kappa shape index (κ2) is 11.4. The predicted octanol–water partition coefficient (Wildman–Crippen LogP) is 0.653. The smallest absolute Gasteiger partial charge is 0.337 e. The number of ether oxygens (including phenoxy) is 1. The van der Waals surface area contributed by atoms with E-state index in [2.05, 4.69) is 15.4 Å². The first-order chi connectivity index (χ1) is 11.3. The molecule has 0 bridgehead atoms. The van der Waals surface area contributed by atoms with Crippen molar-refractivity contribution in [1.29, 1.82) is 0 Å². The van der Waals surface area contributed by atoms with Gasteiger partial charge in [0.15, 0.2) is 0 Å². The van der Waals surface area contributed by atoms with Gasteiger partial charge in [0.1, 0.15) is 0 Å². The number of esters is 1. The van der Waals surface area contributed by atoms with Crippen molar-refractivity contribution >= 4 is 30.2 Å². The lowest BCUT2D eigenvalue weighted by molar-refractivity contribution is -0.127. The van der Waals surface area contributed by atoms with E-state index in [1.807, 2.05) is 26.0 Å². The van der Waals surface area contributed by atoms with Crippen molar-refractivity contribution in [3.63, 3.8) is 0 Å². The van der Waals surface area contributed by atoms with Crippen LogP contribution in [0.1, 0.15) is 29.8 Å². The van der Waals surface area contributed by atoms with Gasteiger partial charge in [-0.2, -0.15) is 0 Å². The Bertz CT molecular complexity index is 576. The summed E-state index contributed by atoms with van der Waals surface area (Å²) in [7, 11) is 1.33. The van der Waals surface area contributed by atoms with Gasteiger partial charge in [0.25, 0.3) is 0 Å². The maximum atomic E-state index is 11.7. The van der Waals surface area contributed by atoms with Crippen molar-refractivity contribution in [3.05, 3.63) is 35.4 Å². The van der Waals surface area contributed by atoms with Crippen LogP contribution in [0.25, 0.3) is 0 Å². The average molecular weight is 372 g/mol. The third-order valence-corrected chi connectivity index (χ3v) is 3.56.